The molecule has 1 saturated carbocycles. The van der Waals surface area contributed by atoms with E-state index in [-0.39, 0.29) is 5.78 Å². The van der Waals surface area contributed by atoms with Crippen LogP contribution in [0.4, 0.5) is 0 Å². The van der Waals surface area contributed by atoms with Crippen LogP contribution in [0.5, 0.6) is 0 Å². The number of benzene rings is 1. The Hall–Kier alpha value is -1.15. The molecule has 1 aliphatic rings. The Balaban J connectivity index is 1.99. The molecular formula is C16H23NO. The summed E-state index contributed by atoms with van der Waals surface area (Å²) in [6.07, 6.45) is 2.67. The van der Waals surface area contributed by atoms with Crippen molar-refractivity contribution in [1.82, 2.24) is 4.90 Å². The lowest BCUT2D eigenvalue weighted by Crippen LogP contribution is -2.37. The Labute approximate surface area is 110 Å². The summed E-state index contributed by atoms with van der Waals surface area (Å²) in [5, 5.41) is 0. The van der Waals surface area contributed by atoms with Gasteiger partial charge in [-0.2, -0.15) is 0 Å². The number of hydrogen-bond donors (Lipinski definition) is 0. The van der Waals surface area contributed by atoms with Crippen LogP contribution in [0, 0.1) is 12.8 Å². The maximum absolute atomic E-state index is 12.3. The highest BCUT2D eigenvalue weighted by Crippen LogP contribution is 2.30. The second kappa shape index (κ2) is 5.66. The van der Waals surface area contributed by atoms with Crippen molar-refractivity contribution in [3.63, 3.8) is 0 Å². The summed E-state index contributed by atoms with van der Waals surface area (Å²) in [6, 6.07) is 8.34. The quantitative estimate of drug-likeness (QED) is 0.717. The van der Waals surface area contributed by atoms with Crippen LogP contribution in [-0.2, 0) is 0 Å². The summed E-state index contributed by atoms with van der Waals surface area (Å²) in [5.74, 6) is 1.07. The number of Topliss-reactive ketones (excluding diaryl/α,β-unsaturated/α-hetero) is 1. The maximum atomic E-state index is 12.3. The van der Waals surface area contributed by atoms with Crippen LogP contribution in [0.3, 0.4) is 0 Å². The normalized spacial score (nSPS) is 15.4. The van der Waals surface area contributed by atoms with Gasteiger partial charge >= 0.3 is 0 Å². The van der Waals surface area contributed by atoms with Crippen LogP contribution in [0.2, 0.25) is 0 Å². The van der Waals surface area contributed by atoms with Crippen LogP contribution in [0.25, 0.3) is 0 Å². The molecular weight excluding hydrogens is 222 g/mol. The van der Waals surface area contributed by atoms with E-state index in [1.807, 2.05) is 31.2 Å². The van der Waals surface area contributed by atoms with E-state index in [4.69, 9.17) is 0 Å². The van der Waals surface area contributed by atoms with Crippen molar-refractivity contribution >= 4 is 5.78 Å². The molecule has 2 heteroatoms. The molecule has 0 aromatic heterocycles. The summed E-state index contributed by atoms with van der Waals surface area (Å²) in [5.41, 5.74) is 2.00. The first kappa shape index (κ1) is 13.3. The molecule has 0 N–H and O–H groups in total. The molecule has 98 valence electrons. The number of carbonyl (C=O) groups is 1. The van der Waals surface area contributed by atoms with Gasteiger partial charge in [-0.05, 0) is 45.6 Å². The molecule has 0 spiro atoms. The Kier molecular flexibility index (Phi) is 4.18. The van der Waals surface area contributed by atoms with E-state index in [9.17, 15) is 4.79 Å². The maximum Gasteiger partial charge on any atom is 0.176 e. The average molecular weight is 245 g/mol. The Morgan fingerprint density at radius 2 is 2.11 bits per heavy atom. The standard InChI is InChI=1S/C16H23NO/c1-12(2)17(10-14-7-8-14)11-16(18)15-6-4-5-13(3)9-15/h4-6,9,12,14H,7-8,10-11H2,1-3H3. The minimum Gasteiger partial charge on any atom is -0.293 e. The van der Waals surface area contributed by atoms with Crippen LogP contribution in [0.15, 0.2) is 24.3 Å². The van der Waals surface area contributed by atoms with Gasteiger partial charge in [-0.1, -0.05) is 23.8 Å². The molecule has 0 atom stereocenters. The first-order chi connectivity index (χ1) is 8.56. The summed E-state index contributed by atoms with van der Waals surface area (Å²) in [6.45, 7) is 8.01. The highest BCUT2D eigenvalue weighted by molar-refractivity contribution is 5.97. The van der Waals surface area contributed by atoms with Gasteiger partial charge in [-0.3, -0.25) is 9.69 Å². The zero-order chi connectivity index (χ0) is 13.1. The lowest BCUT2D eigenvalue weighted by molar-refractivity contribution is 0.0900. The van der Waals surface area contributed by atoms with E-state index in [1.54, 1.807) is 0 Å². The second-order valence-corrected chi connectivity index (χ2v) is 5.76. The summed E-state index contributed by atoms with van der Waals surface area (Å²) in [4.78, 5) is 14.6. The van der Waals surface area contributed by atoms with Gasteiger partial charge in [0.2, 0.25) is 0 Å². The molecule has 0 amide bonds. The van der Waals surface area contributed by atoms with Crippen molar-refractivity contribution in [3.8, 4) is 0 Å². The van der Waals surface area contributed by atoms with Crippen molar-refractivity contribution in [3.05, 3.63) is 35.4 Å². The van der Waals surface area contributed by atoms with Gasteiger partial charge in [-0.25, -0.2) is 0 Å². The highest BCUT2D eigenvalue weighted by atomic mass is 16.1. The predicted molar refractivity (Wildman–Crippen MR) is 74.9 cm³/mol. The Bertz CT molecular complexity index is 421. The van der Waals surface area contributed by atoms with Crippen molar-refractivity contribution in [2.45, 2.75) is 39.7 Å². The molecule has 1 aromatic carbocycles. The van der Waals surface area contributed by atoms with Gasteiger partial charge in [0.05, 0.1) is 6.54 Å². The van der Waals surface area contributed by atoms with Gasteiger partial charge in [-0.15, -0.1) is 0 Å². The van der Waals surface area contributed by atoms with Gasteiger partial charge < -0.3 is 0 Å². The van der Waals surface area contributed by atoms with Crippen molar-refractivity contribution < 1.29 is 4.79 Å². The van der Waals surface area contributed by atoms with Gasteiger partial charge in [0.1, 0.15) is 0 Å². The van der Waals surface area contributed by atoms with E-state index < -0.39 is 0 Å². The fourth-order valence-corrected chi connectivity index (χ4v) is 2.18. The Morgan fingerprint density at radius 3 is 2.67 bits per heavy atom. The van der Waals surface area contributed by atoms with Crippen molar-refractivity contribution in [2.24, 2.45) is 5.92 Å². The van der Waals surface area contributed by atoms with Crippen LogP contribution < -0.4 is 0 Å². The third-order valence-corrected chi connectivity index (χ3v) is 3.61. The first-order valence-electron chi connectivity index (χ1n) is 6.90. The van der Waals surface area contributed by atoms with E-state index >= 15 is 0 Å². The zero-order valence-corrected chi connectivity index (χ0v) is 11.6. The fraction of sp³-hybridized carbons (Fsp3) is 0.562. The SMILES string of the molecule is Cc1cccc(C(=O)CN(CC2CC2)C(C)C)c1. The zero-order valence-electron chi connectivity index (χ0n) is 11.6. The molecule has 2 rings (SSSR count). The molecule has 1 fully saturated rings. The molecule has 1 aromatic rings. The number of aryl methyl sites for hydroxylation is 1. The largest absolute Gasteiger partial charge is 0.293 e. The third kappa shape index (κ3) is 3.67. The lowest BCUT2D eigenvalue weighted by atomic mass is 10.1. The number of ketones is 1. The summed E-state index contributed by atoms with van der Waals surface area (Å²) < 4.78 is 0. The van der Waals surface area contributed by atoms with Crippen LogP contribution in [-0.4, -0.2) is 29.8 Å². The van der Waals surface area contributed by atoms with Crippen molar-refractivity contribution in [2.75, 3.05) is 13.1 Å². The van der Waals surface area contributed by atoms with Crippen molar-refractivity contribution in [1.29, 1.82) is 0 Å². The van der Waals surface area contributed by atoms with E-state index in [0.29, 0.717) is 12.6 Å². The number of hydrogen-bond acceptors (Lipinski definition) is 2. The molecule has 1 aliphatic carbocycles. The molecule has 0 unspecified atom stereocenters. The average Bonchev–Trinajstić information content (AvgIpc) is 3.12. The summed E-state index contributed by atoms with van der Waals surface area (Å²) in [7, 11) is 0. The molecule has 18 heavy (non-hydrogen) atoms. The minimum absolute atomic E-state index is 0.244. The molecule has 0 radical (unpaired) electrons. The van der Waals surface area contributed by atoms with E-state index in [0.717, 1.165) is 23.6 Å². The smallest absolute Gasteiger partial charge is 0.176 e. The van der Waals surface area contributed by atoms with Crippen LogP contribution >= 0.6 is 0 Å². The minimum atomic E-state index is 0.244. The van der Waals surface area contributed by atoms with Gasteiger partial charge in [0.15, 0.2) is 5.78 Å². The molecule has 0 heterocycles. The molecule has 0 saturated heterocycles. The number of nitrogens with zero attached hydrogens (tertiary/aromatic N) is 1. The topological polar surface area (TPSA) is 20.3 Å². The predicted octanol–water partition coefficient (Wildman–Crippen LogP) is 3.30. The lowest BCUT2D eigenvalue weighted by Gasteiger charge is -2.25. The van der Waals surface area contributed by atoms with Gasteiger partial charge in [0, 0.05) is 18.2 Å². The Morgan fingerprint density at radius 1 is 1.39 bits per heavy atom. The third-order valence-electron chi connectivity index (χ3n) is 3.61. The number of rotatable bonds is 6. The molecule has 0 bridgehead atoms. The second-order valence-electron chi connectivity index (χ2n) is 5.76. The first-order valence-corrected chi connectivity index (χ1v) is 6.90. The molecule has 0 aliphatic heterocycles. The molecule has 2 nitrogen and oxygen atoms in total. The van der Waals surface area contributed by atoms with Gasteiger partial charge in [0.25, 0.3) is 0 Å². The highest BCUT2D eigenvalue weighted by Gasteiger charge is 2.26. The van der Waals surface area contributed by atoms with E-state index in [2.05, 4.69) is 18.7 Å². The monoisotopic (exact) mass is 245 g/mol. The van der Waals surface area contributed by atoms with E-state index in [1.165, 1.54) is 12.8 Å². The summed E-state index contributed by atoms with van der Waals surface area (Å²) >= 11 is 0. The fourth-order valence-electron chi connectivity index (χ4n) is 2.18. The number of carbonyl (C=O) groups excluding carboxylic acids is 1. The van der Waals surface area contributed by atoms with Crippen LogP contribution in [0.1, 0.15) is 42.6 Å².